The molecule has 0 aromatic rings. The van der Waals surface area contributed by atoms with E-state index in [2.05, 4.69) is 142 Å². The van der Waals surface area contributed by atoms with Crippen molar-refractivity contribution in [2.24, 2.45) is 0 Å². The Bertz CT molecular complexity index is 1620. The van der Waals surface area contributed by atoms with Crippen molar-refractivity contribution in [2.75, 3.05) is 13.2 Å². The Morgan fingerprint density at radius 1 is 0.269 bits per heavy atom. The maximum Gasteiger partial charge on any atom is 0.306 e. The molecule has 444 valence electrons. The molecule has 0 heterocycles. The number of carbonyl (C=O) groups is 3. The van der Waals surface area contributed by atoms with Gasteiger partial charge in [0.2, 0.25) is 0 Å². The summed E-state index contributed by atoms with van der Waals surface area (Å²) in [5.41, 5.74) is 0. The van der Waals surface area contributed by atoms with Gasteiger partial charge >= 0.3 is 17.9 Å². The van der Waals surface area contributed by atoms with Crippen LogP contribution in [0.5, 0.6) is 0 Å². The van der Waals surface area contributed by atoms with Crippen LogP contribution in [0.3, 0.4) is 0 Å². The van der Waals surface area contributed by atoms with E-state index in [0.29, 0.717) is 19.3 Å². The highest BCUT2D eigenvalue weighted by atomic mass is 16.6. The van der Waals surface area contributed by atoms with Gasteiger partial charge in [0.1, 0.15) is 13.2 Å². The number of esters is 3. The lowest BCUT2D eigenvalue weighted by molar-refractivity contribution is -0.167. The van der Waals surface area contributed by atoms with Crippen LogP contribution in [0.2, 0.25) is 0 Å². The zero-order valence-electron chi connectivity index (χ0n) is 50.9. The molecule has 0 aromatic carbocycles. The van der Waals surface area contributed by atoms with Crippen LogP contribution in [0.15, 0.2) is 122 Å². The van der Waals surface area contributed by atoms with Gasteiger partial charge in [0.05, 0.1) is 0 Å². The number of allylic oxidation sites excluding steroid dienone is 20. The standard InChI is InChI=1S/C72H120O6/c1-4-7-10-13-16-19-22-25-27-29-31-33-34-35-36-37-38-40-41-43-45-47-50-53-56-59-62-65-71(74)77-68-69(67-76-70(73)64-61-58-55-52-49-24-21-18-15-12-9-6-3)78-72(75)66-63-60-57-54-51-48-46-44-42-39-32-30-28-26-23-20-17-14-11-8-5-2/h7-8,10-11,16-21,25-28,31-33,39,44,46,69H,4-6,9,12-15,22-24,29-30,34-38,40-43,45,47-68H2,1-3H3/b10-7-,11-8-,19-16-,20-17-,21-18-,27-25-,28-26-,33-31-,39-32-,46-44-. The summed E-state index contributed by atoms with van der Waals surface area (Å²) in [6.07, 6.45) is 90.6. The first-order valence-electron chi connectivity index (χ1n) is 32.5. The van der Waals surface area contributed by atoms with Gasteiger partial charge in [-0.2, -0.15) is 0 Å². The molecule has 0 saturated carbocycles. The van der Waals surface area contributed by atoms with Crippen molar-refractivity contribution in [3.05, 3.63) is 122 Å². The largest absolute Gasteiger partial charge is 0.462 e. The quantitative estimate of drug-likeness (QED) is 0.0261. The average molecular weight is 1080 g/mol. The molecule has 0 aliphatic rings. The molecular formula is C72H120O6. The third kappa shape index (κ3) is 62.7. The number of hydrogen-bond acceptors (Lipinski definition) is 6. The van der Waals surface area contributed by atoms with E-state index < -0.39 is 6.10 Å². The molecule has 0 spiro atoms. The molecule has 0 fully saturated rings. The fourth-order valence-electron chi connectivity index (χ4n) is 8.87. The van der Waals surface area contributed by atoms with Crippen molar-refractivity contribution in [1.29, 1.82) is 0 Å². The van der Waals surface area contributed by atoms with Gasteiger partial charge in [-0.05, 0) is 128 Å². The number of rotatable bonds is 58. The smallest absolute Gasteiger partial charge is 0.306 e. The Kier molecular flexibility index (Phi) is 61.8. The van der Waals surface area contributed by atoms with Crippen molar-refractivity contribution in [2.45, 2.75) is 303 Å². The van der Waals surface area contributed by atoms with E-state index in [0.717, 1.165) is 141 Å². The normalized spacial score (nSPS) is 12.9. The molecule has 0 N–H and O–H groups in total. The third-order valence-electron chi connectivity index (χ3n) is 13.7. The van der Waals surface area contributed by atoms with Gasteiger partial charge in [-0.3, -0.25) is 14.4 Å². The van der Waals surface area contributed by atoms with Crippen LogP contribution in [-0.4, -0.2) is 37.2 Å². The number of ether oxygens (including phenoxy) is 3. The van der Waals surface area contributed by atoms with Crippen LogP contribution in [0, 0.1) is 0 Å². The Labute approximate surface area is 482 Å². The Morgan fingerprint density at radius 3 is 0.795 bits per heavy atom. The first-order valence-corrected chi connectivity index (χ1v) is 32.5. The van der Waals surface area contributed by atoms with Crippen molar-refractivity contribution in [1.82, 2.24) is 0 Å². The molecule has 0 saturated heterocycles. The van der Waals surface area contributed by atoms with Crippen LogP contribution < -0.4 is 0 Å². The SMILES string of the molecule is CC/C=C\C/C=C\C/C=C\C/C=C\C/C=C\CCCCCCCC(=O)OC(COC(=O)CCCCCCC/C=C\CCCCC)COC(=O)CCCCCCCCCCCCCCCC/C=C\C/C=C\C/C=C\C/C=C\CC. The van der Waals surface area contributed by atoms with Gasteiger partial charge in [0.15, 0.2) is 6.10 Å². The first kappa shape index (κ1) is 73.8. The predicted octanol–water partition coefficient (Wildman–Crippen LogP) is 22.4. The second-order valence-electron chi connectivity index (χ2n) is 21.3. The van der Waals surface area contributed by atoms with Crippen LogP contribution in [-0.2, 0) is 28.6 Å². The zero-order chi connectivity index (χ0) is 56.4. The maximum absolute atomic E-state index is 12.9. The van der Waals surface area contributed by atoms with Crippen LogP contribution in [0.25, 0.3) is 0 Å². The lowest BCUT2D eigenvalue weighted by atomic mass is 10.0. The fourth-order valence-corrected chi connectivity index (χ4v) is 8.87. The molecule has 6 heteroatoms. The van der Waals surface area contributed by atoms with Gasteiger partial charge in [0, 0.05) is 19.3 Å². The van der Waals surface area contributed by atoms with E-state index in [1.807, 2.05) is 0 Å². The third-order valence-corrected chi connectivity index (χ3v) is 13.7. The summed E-state index contributed by atoms with van der Waals surface area (Å²) in [6, 6.07) is 0. The lowest BCUT2D eigenvalue weighted by Gasteiger charge is -2.18. The first-order chi connectivity index (χ1) is 38.5. The summed E-state index contributed by atoms with van der Waals surface area (Å²) in [4.78, 5) is 38.3. The van der Waals surface area contributed by atoms with Gasteiger partial charge in [-0.1, -0.05) is 271 Å². The van der Waals surface area contributed by atoms with E-state index in [1.165, 1.54) is 116 Å². The molecule has 0 rings (SSSR count). The highest BCUT2D eigenvalue weighted by molar-refractivity contribution is 5.71. The molecule has 0 radical (unpaired) electrons. The van der Waals surface area contributed by atoms with Crippen LogP contribution in [0.1, 0.15) is 297 Å². The molecule has 0 aromatic heterocycles. The molecule has 1 unspecified atom stereocenters. The molecule has 0 aliphatic carbocycles. The predicted molar refractivity (Wildman–Crippen MR) is 339 cm³/mol. The Morgan fingerprint density at radius 2 is 0.500 bits per heavy atom. The minimum Gasteiger partial charge on any atom is -0.462 e. The van der Waals surface area contributed by atoms with Crippen LogP contribution in [0.4, 0.5) is 0 Å². The summed E-state index contributed by atoms with van der Waals surface area (Å²) in [5.74, 6) is -0.913. The Balaban J connectivity index is 4.32. The highest BCUT2D eigenvalue weighted by Crippen LogP contribution is 2.16. The number of hydrogen-bond donors (Lipinski definition) is 0. The van der Waals surface area contributed by atoms with Gasteiger partial charge in [-0.25, -0.2) is 0 Å². The molecule has 0 amide bonds. The second-order valence-corrected chi connectivity index (χ2v) is 21.3. The summed E-state index contributed by atoms with van der Waals surface area (Å²) in [5, 5.41) is 0. The van der Waals surface area contributed by atoms with Crippen molar-refractivity contribution >= 4 is 17.9 Å². The highest BCUT2D eigenvalue weighted by Gasteiger charge is 2.19. The molecule has 6 nitrogen and oxygen atoms in total. The monoisotopic (exact) mass is 1080 g/mol. The summed E-state index contributed by atoms with van der Waals surface area (Å²) < 4.78 is 16.9. The van der Waals surface area contributed by atoms with Crippen molar-refractivity contribution < 1.29 is 28.6 Å². The van der Waals surface area contributed by atoms with E-state index in [9.17, 15) is 14.4 Å². The number of carbonyl (C=O) groups excluding carboxylic acids is 3. The molecule has 78 heavy (non-hydrogen) atoms. The molecule has 1 atom stereocenters. The van der Waals surface area contributed by atoms with Crippen LogP contribution >= 0.6 is 0 Å². The zero-order valence-corrected chi connectivity index (χ0v) is 50.9. The molecular weight excluding hydrogens is 961 g/mol. The summed E-state index contributed by atoms with van der Waals surface area (Å²) in [6.45, 7) is 6.38. The van der Waals surface area contributed by atoms with Gasteiger partial charge in [-0.15, -0.1) is 0 Å². The maximum atomic E-state index is 12.9. The van der Waals surface area contributed by atoms with E-state index in [4.69, 9.17) is 14.2 Å². The van der Waals surface area contributed by atoms with Gasteiger partial charge in [0.25, 0.3) is 0 Å². The lowest BCUT2D eigenvalue weighted by Crippen LogP contribution is -2.30. The van der Waals surface area contributed by atoms with E-state index >= 15 is 0 Å². The minimum absolute atomic E-state index is 0.0899. The summed E-state index contributed by atoms with van der Waals surface area (Å²) >= 11 is 0. The number of unbranched alkanes of at least 4 members (excludes halogenated alkanes) is 27. The molecule has 0 aliphatic heterocycles. The van der Waals surface area contributed by atoms with E-state index in [1.54, 1.807) is 0 Å². The summed E-state index contributed by atoms with van der Waals surface area (Å²) in [7, 11) is 0. The fraction of sp³-hybridized carbons (Fsp3) is 0.681. The van der Waals surface area contributed by atoms with Gasteiger partial charge < -0.3 is 14.2 Å². The molecule has 0 bridgehead atoms. The average Bonchev–Trinajstić information content (AvgIpc) is 3.44. The minimum atomic E-state index is -0.795. The van der Waals surface area contributed by atoms with Crippen molar-refractivity contribution in [3.63, 3.8) is 0 Å². The van der Waals surface area contributed by atoms with E-state index in [-0.39, 0.29) is 31.1 Å². The van der Waals surface area contributed by atoms with Crippen molar-refractivity contribution in [3.8, 4) is 0 Å². The topological polar surface area (TPSA) is 78.9 Å². The Hall–Kier alpha value is -4.19. The second kappa shape index (κ2) is 65.3.